The fraction of sp³-hybridized carbons (Fsp3) is 0.778. The van der Waals surface area contributed by atoms with Crippen LogP contribution in [0.4, 0.5) is 0 Å². The van der Waals surface area contributed by atoms with E-state index in [0.29, 0.717) is 6.42 Å². The van der Waals surface area contributed by atoms with Gasteiger partial charge in [0, 0.05) is 5.71 Å². The quantitative estimate of drug-likeness (QED) is 0.440. The molecule has 2 atom stereocenters. The molecule has 92 valence electrons. The first-order chi connectivity index (χ1) is 7.28. The maximum atomic E-state index is 10.9. The predicted molar refractivity (Wildman–Crippen MR) is 63.1 cm³/mol. The zero-order valence-corrected chi connectivity index (χ0v) is 10.5. The van der Waals surface area contributed by atoms with Gasteiger partial charge in [0.2, 0.25) is 5.96 Å². The predicted octanol–water partition coefficient (Wildman–Crippen LogP) is 0.289. The average Bonchev–Trinajstić information content (AvgIpc) is 2.06. The standard InChI is InChI=1S/C9H17N3O3S/c1-6(2)11-9(10)12-7-4-5-8(7)15-16(3,13)14/h7-8H,4-5H2,1-3H3,(H2,10,12). The number of nitrogens with two attached hydrogens (primary N) is 1. The fourth-order valence-corrected chi connectivity index (χ4v) is 2.04. The number of hydrogen-bond acceptors (Lipinski definition) is 4. The van der Waals surface area contributed by atoms with Crippen molar-refractivity contribution >= 4 is 21.8 Å². The molecular formula is C9H17N3O3S. The summed E-state index contributed by atoms with van der Waals surface area (Å²) in [5, 5.41) is 0. The molecule has 0 aromatic carbocycles. The summed E-state index contributed by atoms with van der Waals surface area (Å²) in [6.45, 7) is 3.63. The highest BCUT2D eigenvalue weighted by Crippen LogP contribution is 2.27. The summed E-state index contributed by atoms with van der Waals surface area (Å²) < 4.78 is 26.7. The van der Waals surface area contributed by atoms with Gasteiger partial charge in [-0.3, -0.25) is 4.18 Å². The first-order valence-corrected chi connectivity index (χ1v) is 6.83. The molecule has 0 spiro atoms. The summed E-state index contributed by atoms with van der Waals surface area (Å²) >= 11 is 0. The van der Waals surface area contributed by atoms with Crippen molar-refractivity contribution in [3.8, 4) is 0 Å². The summed E-state index contributed by atoms with van der Waals surface area (Å²) in [7, 11) is -3.42. The minimum atomic E-state index is -3.42. The third kappa shape index (κ3) is 4.28. The van der Waals surface area contributed by atoms with Crippen molar-refractivity contribution in [3.63, 3.8) is 0 Å². The first-order valence-electron chi connectivity index (χ1n) is 5.01. The lowest BCUT2D eigenvalue weighted by Crippen LogP contribution is -2.40. The van der Waals surface area contributed by atoms with Gasteiger partial charge in [-0.1, -0.05) is 0 Å². The van der Waals surface area contributed by atoms with Gasteiger partial charge >= 0.3 is 0 Å². The van der Waals surface area contributed by atoms with Crippen LogP contribution in [0.1, 0.15) is 26.7 Å². The van der Waals surface area contributed by atoms with E-state index in [9.17, 15) is 8.42 Å². The Morgan fingerprint density at radius 1 is 1.38 bits per heavy atom. The third-order valence-electron chi connectivity index (χ3n) is 2.11. The Morgan fingerprint density at radius 2 is 2.00 bits per heavy atom. The molecule has 0 heterocycles. The molecule has 0 bridgehead atoms. The zero-order chi connectivity index (χ0) is 12.3. The van der Waals surface area contributed by atoms with Crippen LogP contribution >= 0.6 is 0 Å². The van der Waals surface area contributed by atoms with Crippen molar-refractivity contribution in [1.29, 1.82) is 0 Å². The van der Waals surface area contributed by atoms with Crippen molar-refractivity contribution in [2.24, 2.45) is 15.7 Å². The Balaban J connectivity index is 2.60. The van der Waals surface area contributed by atoms with E-state index >= 15 is 0 Å². The molecular weight excluding hydrogens is 230 g/mol. The molecule has 16 heavy (non-hydrogen) atoms. The van der Waals surface area contributed by atoms with Gasteiger partial charge in [0.1, 0.15) is 0 Å². The number of aliphatic imine (C=N–C) groups is 2. The minimum absolute atomic E-state index is 0.173. The summed E-state index contributed by atoms with van der Waals surface area (Å²) in [6.07, 6.45) is 2.10. The number of rotatable bonds is 3. The van der Waals surface area contributed by atoms with E-state index in [2.05, 4.69) is 9.98 Å². The Morgan fingerprint density at radius 3 is 2.38 bits per heavy atom. The highest BCUT2D eigenvalue weighted by atomic mass is 32.2. The molecule has 1 aliphatic rings. The highest BCUT2D eigenvalue weighted by molar-refractivity contribution is 7.86. The molecule has 1 aliphatic carbocycles. The van der Waals surface area contributed by atoms with Crippen LogP contribution in [0.25, 0.3) is 0 Å². The lowest BCUT2D eigenvalue weighted by atomic mass is 9.90. The van der Waals surface area contributed by atoms with Crippen LogP contribution in [-0.4, -0.2) is 38.5 Å². The summed E-state index contributed by atoms with van der Waals surface area (Å²) in [5.41, 5.74) is 6.38. The summed E-state index contributed by atoms with van der Waals surface area (Å²) in [6, 6.07) is -0.196. The van der Waals surface area contributed by atoms with E-state index in [1.54, 1.807) is 0 Å². The Hall–Kier alpha value is -0.950. The van der Waals surface area contributed by atoms with E-state index < -0.39 is 10.1 Å². The van der Waals surface area contributed by atoms with E-state index in [-0.39, 0.29) is 18.1 Å². The number of guanidine groups is 1. The van der Waals surface area contributed by atoms with Gasteiger partial charge < -0.3 is 5.73 Å². The van der Waals surface area contributed by atoms with Crippen molar-refractivity contribution in [1.82, 2.24) is 0 Å². The molecule has 0 amide bonds. The Bertz CT molecular complexity index is 410. The maximum Gasteiger partial charge on any atom is 0.264 e. The molecule has 0 aromatic heterocycles. The van der Waals surface area contributed by atoms with E-state index in [1.807, 2.05) is 13.8 Å². The monoisotopic (exact) mass is 247 g/mol. The molecule has 6 nitrogen and oxygen atoms in total. The van der Waals surface area contributed by atoms with E-state index in [0.717, 1.165) is 18.4 Å². The van der Waals surface area contributed by atoms with Crippen LogP contribution < -0.4 is 5.73 Å². The van der Waals surface area contributed by atoms with Crippen molar-refractivity contribution in [2.75, 3.05) is 6.26 Å². The third-order valence-corrected chi connectivity index (χ3v) is 2.71. The van der Waals surface area contributed by atoms with Gasteiger partial charge in [-0.2, -0.15) is 8.42 Å². The average molecular weight is 247 g/mol. The zero-order valence-electron chi connectivity index (χ0n) is 9.67. The minimum Gasteiger partial charge on any atom is -0.368 e. The van der Waals surface area contributed by atoms with Gasteiger partial charge in [-0.25, -0.2) is 9.98 Å². The normalized spacial score (nSPS) is 26.1. The lowest BCUT2D eigenvalue weighted by Gasteiger charge is -2.31. The largest absolute Gasteiger partial charge is 0.368 e. The SMILES string of the molecule is CC(C)=NC(N)=NC1CCC1OS(C)(=O)=O. The fourth-order valence-electron chi connectivity index (χ4n) is 1.36. The second kappa shape index (κ2) is 4.92. The van der Waals surface area contributed by atoms with Gasteiger partial charge in [0.15, 0.2) is 0 Å². The van der Waals surface area contributed by atoms with Gasteiger partial charge in [0.25, 0.3) is 10.1 Å². The van der Waals surface area contributed by atoms with Crippen LogP contribution in [0.3, 0.4) is 0 Å². The summed E-state index contributed by atoms with van der Waals surface area (Å²) in [4.78, 5) is 8.07. The number of nitrogens with zero attached hydrogens (tertiary/aromatic N) is 2. The van der Waals surface area contributed by atoms with Crippen LogP contribution in [-0.2, 0) is 14.3 Å². The molecule has 0 aliphatic heterocycles. The summed E-state index contributed by atoms with van der Waals surface area (Å²) in [5.74, 6) is 0.173. The van der Waals surface area contributed by atoms with Crippen LogP contribution in [0.5, 0.6) is 0 Å². The molecule has 1 saturated carbocycles. The van der Waals surface area contributed by atoms with Gasteiger partial charge in [-0.05, 0) is 26.7 Å². The lowest BCUT2D eigenvalue weighted by molar-refractivity contribution is 0.102. The molecule has 2 unspecified atom stereocenters. The Labute approximate surface area is 95.7 Å². The molecule has 2 N–H and O–H groups in total. The molecule has 1 rings (SSSR count). The number of hydrogen-bond donors (Lipinski definition) is 1. The molecule has 0 radical (unpaired) electrons. The molecule has 1 fully saturated rings. The van der Waals surface area contributed by atoms with E-state index in [1.165, 1.54) is 0 Å². The second-order valence-corrected chi connectivity index (χ2v) is 5.63. The van der Waals surface area contributed by atoms with Crippen molar-refractivity contribution < 1.29 is 12.6 Å². The molecule has 0 aromatic rings. The first kappa shape index (κ1) is 13.1. The van der Waals surface area contributed by atoms with Crippen LogP contribution in [0, 0.1) is 0 Å². The highest BCUT2D eigenvalue weighted by Gasteiger charge is 2.34. The maximum absolute atomic E-state index is 10.9. The smallest absolute Gasteiger partial charge is 0.264 e. The molecule has 0 saturated heterocycles. The Kier molecular flexibility index (Phi) is 4.03. The van der Waals surface area contributed by atoms with Gasteiger partial charge in [0.05, 0.1) is 18.4 Å². The second-order valence-electron chi connectivity index (χ2n) is 4.03. The van der Waals surface area contributed by atoms with Crippen LogP contribution in [0.2, 0.25) is 0 Å². The van der Waals surface area contributed by atoms with Crippen molar-refractivity contribution in [3.05, 3.63) is 0 Å². The molecule has 7 heteroatoms. The van der Waals surface area contributed by atoms with Crippen molar-refractivity contribution in [2.45, 2.75) is 38.8 Å². The van der Waals surface area contributed by atoms with Gasteiger partial charge in [-0.15, -0.1) is 0 Å². The topological polar surface area (TPSA) is 94.1 Å². The van der Waals surface area contributed by atoms with Crippen LogP contribution in [0.15, 0.2) is 9.98 Å². The van der Waals surface area contributed by atoms with E-state index in [4.69, 9.17) is 9.92 Å².